The van der Waals surface area contributed by atoms with Crippen molar-refractivity contribution in [3.05, 3.63) is 30.4 Å². The Bertz CT molecular complexity index is 974. The van der Waals surface area contributed by atoms with E-state index >= 15 is 0 Å². The average Bonchev–Trinajstić information content (AvgIpc) is 2.75. The quantitative estimate of drug-likeness (QED) is 0.795. The predicted octanol–water partition coefficient (Wildman–Crippen LogP) is 2.66. The molecule has 0 radical (unpaired) electrons. The van der Waals surface area contributed by atoms with Crippen LogP contribution in [0.2, 0.25) is 0 Å². The van der Waals surface area contributed by atoms with Gasteiger partial charge in [-0.1, -0.05) is 0 Å². The lowest BCUT2D eigenvalue weighted by molar-refractivity contribution is -0.122. The van der Waals surface area contributed by atoms with E-state index in [2.05, 4.69) is 20.3 Å². The van der Waals surface area contributed by atoms with Gasteiger partial charge in [0, 0.05) is 25.3 Å². The molecule has 2 aliphatic heterocycles. The molecule has 4 heterocycles. The van der Waals surface area contributed by atoms with Gasteiger partial charge in [-0.25, -0.2) is 14.8 Å². The number of aryl methyl sites for hydroxylation is 1. The number of pyridine rings is 1. The number of carbonyl (C=O) groups excluding carboxylic acids is 2. The van der Waals surface area contributed by atoms with Gasteiger partial charge in [0.2, 0.25) is 5.75 Å². The van der Waals surface area contributed by atoms with E-state index in [0.717, 1.165) is 11.4 Å². The van der Waals surface area contributed by atoms with Crippen molar-refractivity contribution in [2.24, 2.45) is 0 Å². The van der Waals surface area contributed by atoms with Crippen LogP contribution in [0.5, 0.6) is 5.75 Å². The number of hydrogen-bond acceptors (Lipinski definition) is 8. The lowest BCUT2D eigenvalue weighted by Gasteiger charge is -2.39. The third kappa shape index (κ3) is 4.37. The first-order valence-electron chi connectivity index (χ1n) is 10.4. The molecule has 0 saturated carbocycles. The number of amides is 2. The van der Waals surface area contributed by atoms with Gasteiger partial charge < -0.3 is 19.7 Å². The summed E-state index contributed by atoms with van der Waals surface area (Å²) in [5, 5.41) is 3.23. The van der Waals surface area contributed by atoms with Gasteiger partial charge in [-0.05, 0) is 45.7 Å². The fraction of sp³-hybridized carbons (Fsp3) is 0.476. The lowest BCUT2D eigenvalue weighted by Crippen LogP contribution is -2.52. The third-order valence-corrected chi connectivity index (χ3v) is 5.31. The number of hydrogen-bond donors (Lipinski definition) is 1. The van der Waals surface area contributed by atoms with Crippen molar-refractivity contribution in [3.8, 4) is 5.75 Å². The number of rotatable bonds is 4. The van der Waals surface area contributed by atoms with Crippen molar-refractivity contribution in [1.82, 2.24) is 19.9 Å². The molecule has 0 bridgehead atoms. The van der Waals surface area contributed by atoms with Crippen LogP contribution in [-0.2, 0) is 9.53 Å². The van der Waals surface area contributed by atoms with Gasteiger partial charge in [-0.15, -0.1) is 0 Å². The molecule has 0 atom stereocenters. The van der Waals surface area contributed by atoms with Gasteiger partial charge >= 0.3 is 6.09 Å². The number of aromatic nitrogens is 3. The van der Waals surface area contributed by atoms with Crippen molar-refractivity contribution < 1.29 is 19.1 Å². The summed E-state index contributed by atoms with van der Waals surface area (Å²) in [6, 6.07) is 3.65. The maximum Gasteiger partial charge on any atom is 0.410 e. The van der Waals surface area contributed by atoms with E-state index in [1.54, 1.807) is 16.0 Å². The molecule has 31 heavy (non-hydrogen) atoms. The number of nitrogens with one attached hydrogen (secondary N) is 1. The van der Waals surface area contributed by atoms with E-state index in [0.29, 0.717) is 43.3 Å². The maximum atomic E-state index is 12.7. The van der Waals surface area contributed by atoms with Crippen molar-refractivity contribution in [1.29, 1.82) is 0 Å². The number of ether oxygens (including phenoxy) is 2. The number of carbonyl (C=O) groups is 2. The number of piperidine rings is 1. The minimum Gasteiger partial charge on any atom is -0.476 e. The first kappa shape index (κ1) is 20.8. The zero-order valence-corrected chi connectivity index (χ0v) is 17.9. The molecule has 1 fully saturated rings. The van der Waals surface area contributed by atoms with Crippen LogP contribution in [0.25, 0.3) is 0 Å². The maximum absolute atomic E-state index is 12.7. The number of anilines is 3. The Morgan fingerprint density at radius 1 is 1.26 bits per heavy atom. The van der Waals surface area contributed by atoms with E-state index in [1.807, 2.05) is 32.9 Å². The molecule has 1 N–H and O–H groups in total. The van der Waals surface area contributed by atoms with Crippen LogP contribution >= 0.6 is 0 Å². The summed E-state index contributed by atoms with van der Waals surface area (Å²) in [7, 11) is 0. The van der Waals surface area contributed by atoms with Gasteiger partial charge in [0.25, 0.3) is 5.91 Å². The Hall–Kier alpha value is -3.43. The standard InChI is InChI=1S/C21H26N6O4/c1-13(2)31-21(29)26-9-6-15(7-10-26)27-17(28)11-30-18-19(23-12-24-20(18)27)25-16-5-4-8-22-14(16)3/h4-5,8,12-13,15H,6-7,9-11H2,1-3H3,(H,23,24,25). The summed E-state index contributed by atoms with van der Waals surface area (Å²) in [4.78, 5) is 41.2. The van der Waals surface area contributed by atoms with E-state index in [1.165, 1.54) is 6.33 Å². The van der Waals surface area contributed by atoms with Crippen molar-refractivity contribution in [3.63, 3.8) is 0 Å². The molecule has 2 aliphatic rings. The lowest BCUT2D eigenvalue weighted by atomic mass is 10.0. The molecule has 10 nitrogen and oxygen atoms in total. The molecule has 0 unspecified atom stereocenters. The first-order valence-corrected chi connectivity index (χ1v) is 10.4. The highest BCUT2D eigenvalue weighted by Gasteiger charge is 2.37. The van der Waals surface area contributed by atoms with Crippen LogP contribution in [-0.4, -0.2) is 63.7 Å². The highest BCUT2D eigenvalue weighted by Crippen LogP contribution is 2.39. The smallest absolute Gasteiger partial charge is 0.410 e. The van der Waals surface area contributed by atoms with Crippen LogP contribution in [0.3, 0.4) is 0 Å². The second kappa shape index (κ2) is 8.75. The Kier molecular flexibility index (Phi) is 5.88. The molecule has 0 aromatic carbocycles. The summed E-state index contributed by atoms with van der Waals surface area (Å²) in [5.74, 6) is 1.21. The highest BCUT2D eigenvalue weighted by molar-refractivity contribution is 5.98. The second-order valence-corrected chi connectivity index (χ2v) is 7.84. The molecule has 10 heteroatoms. The van der Waals surface area contributed by atoms with Gasteiger partial charge in [-0.3, -0.25) is 14.7 Å². The average molecular weight is 426 g/mol. The summed E-state index contributed by atoms with van der Waals surface area (Å²) < 4.78 is 11.0. The highest BCUT2D eigenvalue weighted by atomic mass is 16.6. The molecule has 4 rings (SSSR count). The van der Waals surface area contributed by atoms with E-state index in [4.69, 9.17) is 9.47 Å². The van der Waals surface area contributed by atoms with E-state index in [-0.39, 0.29) is 30.8 Å². The number of nitrogens with zero attached hydrogens (tertiary/aromatic N) is 5. The molecule has 0 spiro atoms. The predicted molar refractivity (Wildman–Crippen MR) is 113 cm³/mol. The number of fused-ring (bicyclic) bond motifs is 1. The third-order valence-electron chi connectivity index (χ3n) is 5.31. The minimum atomic E-state index is -0.317. The molecule has 2 amide bonds. The van der Waals surface area contributed by atoms with E-state index in [9.17, 15) is 9.59 Å². The molecular formula is C21H26N6O4. The minimum absolute atomic E-state index is 0.0823. The van der Waals surface area contributed by atoms with E-state index < -0.39 is 0 Å². The number of likely N-dealkylation sites (tertiary alicyclic amines) is 1. The molecule has 0 aliphatic carbocycles. The van der Waals surface area contributed by atoms with Gasteiger partial charge in [-0.2, -0.15) is 0 Å². The Labute approximate surface area is 180 Å². The van der Waals surface area contributed by atoms with Crippen LogP contribution in [0.4, 0.5) is 22.1 Å². The Balaban J connectivity index is 1.53. The van der Waals surface area contributed by atoms with Crippen molar-refractivity contribution in [2.45, 2.75) is 45.8 Å². The van der Waals surface area contributed by atoms with Crippen LogP contribution in [0, 0.1) is 6.92 Å². The Morgan fingerprint density at radius 3 is 2.74 bits per heavy atom. The van der Waals surface area contributed by atoms with Gasteiger partial charge in [0.15, 0.2) is 18.2 Å². The second-order valence-electron chi connectivity index (χ2n) is 7.84. The summed E-state index contributed by atoms with van der Waals surface area (Å²) >= 11 is 0. The zero-order valence-electron chi connectivity index (χ0n) is 17.9. The fourth-order valence-electron chi connectivity index (χ4n) is 3.78. The van der Waals surface area contributed by atoms with Gasteiger partial charge in [0.05, 0.1) is 17.5 Å². The van der Waals surface area contributed by atoms with Crippen LogP contribution < -0.4 is 15.0 Å². The normalized spacial score (nSPS) is 16.7. The van der Waals surface area contributed by atoms with Crippen LogP contribution in [0.1, 0.15) is 32.4 Å². The summed E-state index contributed by atoms with van der Waals surface area (Å²) in [6.45, 7) is 6.49. The molecule has 164 valence electrons. The fourth-order valence-corrected chi connectivity index (χ4v) is 3.78. The summed E-state index contributed by atoms with van der Waals surface area (Å²) in [5.41, 5.74) is 1.62. The largest absolute Gasteiger partial charge is 0.476 e. The summed E-state index contributed by atoms with van der Waals surface area (Å²) in [6.07, 6.45) is 3.92. The molecule has 1 saturated heterocycles. The van der Waals surface area contributed by atoms with Crippen molar-refractivity contribution >= 4 is 29.3 Å². The first-order chi connectivity index (χ1) is 14.9. The van der Waals surface area contributed by atoms with Crippen LogP contribution in [0.15, 0.2) is 24.7 Å². The molecule has 2 aromatic rings. The monoisotopic (exact) mass is 426 g/mol. The molecule has 2 aromatic heterocycles. The SMILES string of the molecule is Cc1ncccc1Nc1ncnc2c1OCC(=O)N2C1CCN(C(=O)OC(C)C)CC1. The topological polar surface area (TPSA) is 110 Å². The van der Waals surface area contributed by atoms with Crippen molar-refractivity contribution in [2.75, 3.05) is 29.9 Å². The molecular weight excluding hydrogens is 400 g/mol. The Morgan fingerprint density at radius 2 is 2.03 bits per heavy atom. The van der Waals surface area contributed by atoms with Gasteiger partial charge in [0.1, 0.15) is 6.33 Å². The zero-order chi connectivity index (χ0) is 22.0.